The molecule has 1 amide bonds. The molecule has 0 bridgehead atoms. The predicted octanol–water partition coefficient (Wildman–Crippen LogP) is 3.49. The Hall–Kier alpha value is -2.63. The summed E-state index contributed by atoms with van der Waals surface area (Å²) in [6, 6.07) is 11.7. The van der Waals surface area contributed by atoms with Gasteiger partial charge in [-0.2, -0.15) is 0 Å². The number of carbonyl (C=O) groups excluding carboxylic acids is 1. The summed E-state index contributed by atoms with van der Waals surface area (Å²) in [6.45, 7) is 7.33. The van der Waals surface area contributed by atoms with Crippen molar-refractivity contribution < 1.29 is 9.21 Å². The third-order valence-electron chi connectivity index (χ3n) is 4.64. The van der Waals surface area contributed by atoms with E-state index in [-0.39, 0.29) is 11.9 Å². The molecule has 0 fully saturated rings. The quantitative estimate of drug-likeness (QED) is 0.660. The Labute approximate surface area is 147 Å². The summed E-state index contributed by atoms with van der Waals surface area (Å²) >= 11 is 0. The van der Waals surface area contributed by atoms with Gasteiger partial charge in [-0.25, -0.2) is 4.68 Å². The van der Waals surface area contributed by atoms with Gasteiger partial charge in [0, 0.05) is 12.5 Å². The van der Waals surface area contributed by atoms with E-state index in [0.29, 0.717) is 25.4 Å². The summed E-state index contributed by atoms with van der Waals surface area (Å²) in [5, 5.41) is 8.30. The second kappa shape index (κ2) is 7.51. The van der Waals surface area contributed by atoms with Crippen LogP contribution >= 0.6 is 0 Å². The zero-order valence-electron chi connectivity index (χ0n) is 14.9. The Morgan fingerprint density at radius 1 is 1.20 bits per heavy atom. The Kier molecular flexibility index (Phi) is 5.16. The predicted molar refractivity (Wildman–Crippen MR) is 95.7 cm³/mol. The molecule has 6 heteroatoms. The number of hydrogen-bond acceptors (Lipinski definition) is 4. The number of benzene rings is 1. The maximum absolute atomic E-state index is 12.9. The lowest BCUT2D eigenvalue weighted by Crippen LogP contribution is -2.41. The molecule has 0 aliphatic rings. The zero-order chi connectivity index (χ0) is 17.8. The second-order valence-corrected chi connectivity index (χ2v) is 6.64. The van der Waals surface area contributed by atoms with Gasteiger partial charge in [-0.3, -0.25) is 4.79 Å². The van der Waals surface area contributed by atoms with Gasteiger partial charge >= 0.3 is 0 Å². The van der Waals surface area contributed by atoms with Gasteiger partial charge in [-0.1, -0.05) is 31.2 Å². The molecule has 25 heavy (non-hydrogen) atoms. The van der Waals surface area contributed by atoms with Gasteiger partial charge in [0.15, 0.2) is 0 Å². The van der Waals surface area contributed by atoms with Crippen molar-refractivity contribution in [2.24, 2.45) is 5.92 Å². The van der Waals surface area contributed by atoms with E-state index in [1.54, 1.807) is 10.9 Å². The fourth-order valence-electron chi connectivity index (χ4n) is 2.82. The van der Waals surface area contributed by atoms with Crippen molar-refractivity contribution in [2.75, 3.05) is 0 Å². The van der Waals surface area contributed by atoms with Crippen molar-refractivity contribution in [1.29, 1.82) is 0 Å². The third-order valence-corrected chi connectivity index (χ3v) is 4.64. The molecule has 0 saturated carbocycles. The van der Waals surface area contributed by atoms with Crippen LogP contribution in [0.3, 0.4) is 0 Å². The molecule has 2 aromatic heterocycles. The number of amides is 1. The zero-order valence-corrected chi connectivity index (χ0v) is 14.9. The van der Waals surface area contributed by atoms with Crippen LogP contribution in [0.5, 0.6) is 0 Å². The van der Waals surface area contributed by atoms with E-state index < -0.39 is 0 Å². The highest BCUT2D eigenvalue weighted by molar-refractivity contribution is 5.77. The Bertz CT molecular complexity index is 823. The van der Waals surface area contributed by atoms with Crippen LogP contribution in [0.4, 0.5) is 0 Å². The fourth-order valence-corrected chi connectivity index (χ4v) is 2.82. The van der Waals surface area contributed by atoms with E-state index in [1.807, 2.05) is 41.3 Å². The van der Waals surface area contributed by atoms with E-state index in [4.69, 9.17) is 4.42 Å². The van der Waals surface area contributed by atoms with Gasteiger partial charge in [0.1, 0.15) is 11.3 Å². The second-order valence-electron chi connectivity index (χ2n) is 6.64. The minimum absolute atomic E-state index is 0.0946. The van der Waals surface area contributed by atoms with E-state index in [0.717, 1.165) is 16.8 Å². The smallest absolute Gasteiger partial charge is 0.225 e. The van der Waals surface area contributed by atoms with Gasteiger partial charge in [0.25, 0.3) is 0 Å². The van der Waals surface area contributed by atoms with Gasteiger partial charge < -0.3 is 9.32 Å². The highest BCUT2D eigenvalue weighted by atomic mass is 16.3. The monoisotopic (exact) mass is 340 g/mol. The topological polar surface area (TPSA) is 64.2 Å². The van der Waals surface area contributed by atoms with Gasteiger partial charge in [-0.15, -0.1) is 5.10 Å². The molecular formula is C19H24N4O2. The first-order valence-corrected chi connectivity index (χ1v) is 8.66. The average molecular weight is 340 g/mol. The summed E-state index contributed by atoms with van der Waals surface area (Å²) in [7, 11) is 0. The van der Waals surface area contributed by atoms with Crippen molar-refractivity contribution in [3.63, 3.8) is 0 Å². The number of carbonyl (C=O) groups is 1. The standard InChI is InChI=1S/C19H24N4O2/c1-14(2)15(3)22(13-16-7-6-12-25-16)19(24)10-11-23-18-9-5-4-8-17(18)20-21-23/h4-9,12,14-15H,10-11,13H2,1-3H3/t15-/m1/s1. The van der Waals surface area contributed by atoms with Gasteiger partial charge in [0.05, 0.1) is 24.9 Å². The molecule has 0 unspecified atom stereocenters. The number of hydrogen-bond donors (Lipinski definition) is 0. The van der Waals surface area contributed by atoms with E-state index in [9.17, 15) is 4.79 Å². The molecule has 3 aromatic rings. The molecule has 1 aromatic carbocycles. The van der Waals surface area contributed by atoms with Crippen LogP contribution in [0.2, 0.25) is 0 Å². The van der Waals surface area contributed by atoms with Gasteiger partial charge in [0.2, 0.25) is 5.91 Å². The molecular weight excluding hydrogens is 316 g/mol. The van der Waals surface area contributed by atoms with Crippen LogP contribution in [0.1, 0.15) is 33.0 Å². The molecule has 1 atom stereocenters. The van der Waals surface area contributed by atoms with Crippen LogP contribution in [-0.4, -0.2) is 31.8 Å². The highest BCUT2D eigenvalue weighted by Gasteiger charge is 2.23. The number of furan rings is 1. The minimum atomic E-state index is 0.0946. The van der Waals surface area contributed by atoms with Crippen molar-refractivity contribution in [3.8, 4) is 0 Å². The van der Waals surface area contributed by atoms with Crippen LogP contribution in [0, 0.1) is 5.92 Å². The molecule has 2 heterocycles. The molecule has 0 aliphatic carbocycles. The number of rotatable bonds is 7. The number of aromatic nitrogens is 3. The maximum Gasteiger partial charge on any atom is 0.225 e. The van der Waals surface area contributed by atoms with Crippen molar-refractivity contribution in [1.82, 2.24) is 19.9 Å². The lowest BCUT2D eigenvalue weighted by molar-refractivity contribution is -0.135. The van der Waals surface area contributed by atoms with Crippen LogP contribution in [0.25, 0.3) is 11.0 Å². The first-order valence-electron chi connectivity index (χ1n) is 8.66. The molecule has 6 nitrogen and oxygen atoms in total. The van der Waals surface area contributed by atoms with E-state index in [1.165, 1.54) is 0 Å². The minimum Gasteiger partial charge on any atom is -0.467 e. The number of nitrogens with zero attached hydrogens (tertiary/aromatic N) is 4. The Morgan fingerprint density at radius 3 is 2.72 bits per heavy atom. The molecule has 0 radical (unpaired) electrons. The largest absolute Gasteiger partial charge is 0.467 e. The Balaban J connectivity index is 1.71. The summed E-state index contributed by atoms with van der Waals surface area (Å²) in [5.74, 6) is 1.26. The summed E-state index contributed by atoms with van der Waals surface area (Å²) < 4.78 is 7.22. The Morgan fingerprint density at radius 2 is 2.00 bits per heavy atom. The summed E-state index contributed by atoms with van der Waals surface area (Å²) in [6.07, 6.45) is 2.02. The van der Waals surface area contributed by atoms with E-state index >= 15 is 0 Å². The van der Waals surface area contributed by atoms with Crippen LogP contribution in [-0.2, 0) is 17.9 Å². The van der Waals surface area contributed by atoms with E-state index in [2.05, 4.69) is 31.1 Å². The lowest BCUT2D eigenvalue weighted by atomic mass is 10.0. The fraction of sp³-hybridized carbons (Fsp3) is 0.421. The molecule has 132 valence electrons. The SMILES string of the molecule is CC(C)[C@@H](C)N(Cc1ccco1)C(=O)CCn1nnc2ccccc21. The van der Waals surface area contributed by atoms with Crippen molar-refractivity contribution >= 4 is 16.9 Å². The van der Waals surface area contributed by atoms with Crippen LogP contribution in [0.15, 0.2) is 47.1 Å². The molecule has 0 spiro atoms. The average Bonchev–Trinajstić information content (AvgIpc) is 3.26. The summed E-state index contributed by atoms with van der Waals surface area (Å²) in [4.78, 5) is 14.8. The number of fused-ring (bicyclic) bond motifs is 1. The van der Waals surface area contributed by atoms with Crippen molar-refractivity contribution in [2.45, 2.75) is 46.3 Å². The number of para-hydroxylation sites is 1. The molecule has 0 aliphatic heterocycles. The molecule has 3 rings (SSSR count). The first kappa shape index (κ1) is 17.2. The maximum atomic E-state index is 12.9. The van der Waals surface area contributed by atoms with Gasteiger partial charge in [-0.05, 0) is 37.1 Å². The van der Waals surface area contributed by atoms with Crippen LogP contribution < -0.4 is 0 Å². The van der Waals surface area contributed by atoms with Crippen molar-refractivity contribution in [3.05, 3.63) is 48.4 Å². The summed E-state index contributed by atoms with van der Waals surface area (Å²) in [5.41, 5.74) is 1.79. The third kappa shape index (κ3) is 3.90. The first-order chi connectivity index (χ1) is 12.1. The molecule has 0 N–H and O–H groups in total. The highest BCUT2D eigenvalue weighted by Crippen LogP contribution is 2.17. The lowest BCUT2D eigenvalue weighted by Gasteiger charge is -2.31. The molecule has 0 saturated heterocycles. The number of aryl methyl sites for hydroxylation is 1. The normalized spacial score (nSPS) is 12.6.